The minimum absolute atomic E-state index is 0.0558. The monoisotopic (exact) mass is 503 g/mol. The number of amides is 2. The van der Waals surface area contributed by atoms with Gasteiger partial charge in [-0.15, -0.1) is 11.8 Å². The summed E-state index contributed by atoms with van der Waals surface area (Å²) < 4.78 is 5.85. The number of fused-ring (bicyclic) bond motifs is 1. The van der Waals surface area contributed by atoms with Crippen molar-refractivity contribution in [2.45, 2.75) is 81.3 Å². The number of methoxy groups -OCH3 is 1. The van der Waals surface area contributed by atoms with Crippen LogP contribution in [-0.4, -0.2) is 72.4 Å². The summed E-state index contributed by atoms with van der Waals surface area (Å²) >= 11 is 1.75. The van der Waals surface area contributed by atoms with Crippen LogP contribution >= 0.6 is 11.8 Å². The second kappa shape index (κ2) is 10.6. The molecule has 5 rings (SSSR count). The summed E-state index contributed by atoms with van der Waals surface area (Å²) in [7, 11) is 1.77. The smallest absolute Gasteiger partial charge is 0.226 e. The summed E-state index contributed by atoms with van der Waals surface area (Å²) in [6, 6.07) is 3.05. The lowest BCUT2D eigenvalue weighted by molar-refractivity contribution is -0.139. The molecule has 0 aromatic carbocycles. The number of thioether (sulfide) groups is 1. The van der Waals surface area contributed by atoms with E-state index in [0.29, 0.717) is 29.7 Å². The van der Waals surface area contributed by atoms with E-state index >= 15 is 0 Å². The summed E-state index contributed by atoms with van der Waals surface area (Å²) in [5.74, 6) is 1.50. The molecule has 35 heavy (non-hydrogen) atoms. The van der Waals surface area contributed by atoms with Gasteiger partial charge in [0.1, 0.15) is 5.50 Å². The second-order valence-electron chi connectivity index (χ2n) is 11.6. The van der Waals surface area contributed by atoms with Crippen LogP contribution in [0, 0.1) is 46.8 Å². The fraction of sp³-hybridized carbons (Fsp3) is 0.885. The number of ether oxygens (including phenoxy) is 1. The van der Waals surface area contributed by atoms with E-state index in [9.17, 15) is 14.9 Å². The van der Waals surface area contributed by atoms with Crippen LogP contribution in [0.5, 0.6) is 0 Å². The number of nitriles is 1. The fourth-order valence-corrected chi connectivity index (χ4v) is 8.58. The number of carbonyl (C=O) groups is 2. The molecule has 0 radical (unpaired) electrons. The highest BCUT2D eigenvalue weighted by Crippen LogP contribution is 2.42. The van der Waals surface area contributed by atoms with Crippen molar-refractivity contribution in [3.8, 4) is 6.07 Å². The van der Waals surface area contributed by atoms with Gasteiger partial charge in [0, 0.05) is 55.9 Å². The summed E-state index contributed by atoms with van der Waals surface area (Å²) in [6.45, 7) is 6.53. The Morgan fingerprint density at radius 2 is 1.91 bits per heavy atom. The Morgan fingerprint density at radius 1 is 1.09 bits per heavy atom. The maximum Gasteiger partial charge on any atom is 0.226 e. The molecular weight excluding hydrogens is 462 g/mol. The van der Waals surface area contributed by atoms with Crippen molar-refractivity contribution in [1.82, 2.24) is 20.9 Å². The highest BCUT2D eigenvalue weighted by Gasteiger charge is 2.48. The number of carbonyl (C=O) groups excluding carboxylic acids is 2. The first-order chi connectivity index (χ1) is 16.9. The minimum atomic E-state index is -0.132. The van der Waals surface area contributed by atoms with Gasteiger partial charge in [0.2, 0.25) is 11.8 Å². The molecule has 5 aliphatic rings. The van der Waals surface area contributed by atoms with E-state index in [1.165, 1.54) is 0 Å². The van der Waals surface area contributed by atoms with Crippen LogP contribution in [-0.2, 0) is 14.3 Å². The van der Waals surface area contributed by atoms with Gasteiger partial charge in [0.05, 0.1) is 18.1 Å². The van der Waals surface area contributed by atoms with Gasteiger partial charge in [-0.1, -0.05) is 6.92 Å². The average molecular weight is 504 g/mol. The first kappa shape index (κ1) is 25.3. The molecule has 0 aromatic rings. The van der Waals surface area contributed by atoms with Gasteiger partial charge in [0.25, 0.3) is 0 Å². The lowest BCUT2D eigenvalue weighted by Crippen LogP contribution is -2.55. The number of piperidine rings is 1. The Labute approximate surface area is 213 Å². The number of nitrogens with zero attached hydrogens (tertiary/aromatic N) is 2. The molecule has 3 heterocycles. The third-order valence-electron chi connectivity index (χ3n) is 9.50. The normalized spacial score (nSPS) is 45.3. The molecule has 0 aromatic heterocycles. The van der Waals surface area contributed by atoms with E-state index < -0.39 is 0 Å². The highest BCUT2D eigenvalue weighted by molar-refractivity contribution is 8.00. The van der Waals surface area contributed by atoms with Crippen molar-refractivity contribution in [2.75, 3.05) is 26.7 Å². The lowest BCUT2D eigenvalue weighted by atomic mass is 9.66. The third kappa shape index (κ3) is 5.09. The maximum absolute atomic E-state index is 13.5. The molecule has 5 fully saturated rings. The summed E-state index contributed by atoms with van der Waals surface area (Å²) in [6.07, 6.45) is 5.83. The minimum Gasteiger partial charge on any atom is -0.381 e. The molecule has 9 heteroatoms. The molecule has 8 nitrogen and oxygen atoms in total. The van der Waals surface area contributed by atoms with E-state index in [2.05, 4.69) is 35.9 Å². The Bertz CT molecular complexity index is 837. The van der Waals surface area contributed by atoms with Crippen molar-refractivity contribution in [3.63, 3.8) is 0 Å². The summed E-state index contributed by atoms with van der Waals surface area (Å²) in [5, 5.41) is 20.3. The molecule has 3 saturated heterocycles. The molecule has 2 saturated carbocycles. The van der Waals surface area contributed by atoms with Gasteiger partial charge in [-0.25, -0.2) is 0 Å². The van der Waals surface area contributed by atoms with Crippen molar-refractivity contribution >= 4 is 23.6 Å². The zero-order valence-corrected chi connectivity index (χ0v) is 22.1. The van der Waals surface area contributed by atoms with Gasteiger partial charge >= 0.3 is 0 Å². The number of nitrogens with one attached hydrogen (secondary N) is 3. The lowest BCUT2D eigenvalue weighted by Gasteiger charge is -2.44. The zero-order valence-electron chi connectivity index (χ0n) is 21.2. The van der Waals surface area contributed by atoms with Crippen LogP contribution in [0.4, 0.5) is 0 Å². The maximum atomic E-state index is 13.5. The van der Waals surface area contributed by atoms with Gasteiger partial charge in [-0.2, -0.15) is 5.26 Å². The molecule has 2 amide bonds. The topological polar surface area (TPSA) is 106 Å². The van der Waals surface area contributed by atoms with Crippen LogP contribution in [0.2, 0.25) is 0 Å². The summed E-state index contributed by atoms with van der Waals surface area (Å²) in [5.41, 5.74) is -0.117. The van der Waals surface area contributed by atoms with Gasteiger partial charge in [-0.3, -0.25) is 14.9 Å². The third-order valence-corrected chi connectivity index (χ3v) is 10.9. The van der Waals surface area contributed by atoms with Crippen molar-refractivity contribution in [2.24, 2.45) is 35.5 Å². The standard InChI is InChI=1S/C26H41N5O3S/c1-14-4-6-17(14)25(33)31-12-21-23(13-31)35-26(29-21)30-24(32)20-11-28-15(2)8-18(20)19-9-16(10-27)5-7-22(19)34-3/h14-23,26,28-29H,4-9,11-13H2,1-3H3,(H,30,32)/t14-,15?,16?,17+,18?,19?,20?,21?,22?,23?,26?/m0/s1. The first-order valence-corrected chi connectivity index (χ1v) is 14.5. The van der Waals surface area contributed by atoms with Gasteiger partial charge in [0.15, 0.2) is 0 Å². The van der Waals surface area contributed by atoms with Gasteiger partial charge in [-0.05, 0) is 63.2 Å². The largest absolute Gasteiger partial charge is 0.381 e. The van der Waals surface area contributed by atoms with Crippen LogP contribution in [0.3, 0.4) is 0 Å². The van der Waals surface area contributed by atoms with E-state index in [0.717, 1.165) is 51.6 Å². The SMILES string of the molecule is COC1CCC(C#N)CC1C1CC(C)NCC1C(=O)NC1NC2CN(C(=O)[C@@H]3CC[C@@H]3C)CC2S1. The quantitative estimate of drug-likeness (QED) is 0.526. The molecule has 11 atom stereocenters. The Morgan fingerprint density at radius 3 is 2.57 bits per heavy atom. The molecule has 0 spiro atoms. The van der Waals surface area contributed by atoms with Crippen LogP contribution < -0.4 is 16.0 Å². The fourth-order valence-electron chi connectivity index (χ4n) is 7.17. The van der Waals surface area contributed by atoms with Crippen molar-refractivity contribution in [1.29, 1.82) is 5.26 Å². The van der Waals surface area contributed by atoms with Crippen LogP contribution in [0.15, 0.2) is 0 Å². The molecule has 9 unspecified atom stereocenters. The Hall–Kier alpha value is -1.34. The average Bonchev–Trinajstić information content (AvgIpc) is 3.41. The zero-order chi connectivity index (χ0) is 24.7. The van der Waals surface area contributed by atoms with E-state index in [1.54, 1.807) is 18.9 Å². The van der Waals surface area contributed by atoms with E-state index in [-0.39, 0.29) is 53.1 Å². The first-order valence-electron chi connectivity index (χ1n) is 13.5. The molecule has 3 aliphatic heterocycles. The molecule has 3 N–H and O–H groups in total. The Balaban J connectivity index is 1.18. The number of hydrogen-bond acceptors (Lipinski definition) is 7. The summed E-state index contributed by atoms with van der Waals surface area (Å²) in [4.78, 5) is 28.4. The number of likely N-dealkylation sites (tertiary alicyclic amines) is 1. The molecule has 0 bridgehead atoms. The second-order valence-corrected chi connectivity index (χ2v) is 13.0. The molecule has 194 valence electrons. The van der Waals surface area contributed by atoms with Crippen molar-refractivity contribution in [3.05, 3.63) is 0 Å². The molecule has 2 aliphatic carbocycles. The van der Waals surface area contributed by atoms with E-state index in [4.69, 9.17) is 4.74 Å². The Kier molecular flexibility index (Phi) is 7.64. The highest BCUT2D eigenvalue weighted by atomic mass is 32.2. The number of hydrogen-bond donors (Lipinski definition) is 3. The number of rotatable bonds is 5. The van der Waals surface area contributed by atoms with Crippen LogP contribution in [0.25, 0.3) is 0 Å². The van der Waals surface area contributed by atoms with Crippen molar-refractivity contribution < 1.29 is 14.3 Å². The molecular formula is C26H41N5O3S. The van der Waals surface area contributed by atoms with Crippen LogP contribution in [0.1, 0.15) is 52.4 Å². The predicted octanol–water partition coefficient (Wildman–Crippen LogP) is 1.92. The van der Waals surface area contributed by atoms with E-state index in [1.807, 2.05) is 4.90 Å². The van der Waals surface area contributed by atoms with Gasteiger partial charge < -0.3 is 20.3 Å². The predicted molar refractivity (Wildman–Crippen MR) is 135 cm³/mol.